The number of rotatable bonds is 7. The zero-order valence-electron chi connectivity index (χ0n) is 18.5. The predicted octanol–water partition coefficient (Wildman–Crippen LogP) is 3.23. The van der Waals surface area contributed by atoms with E-state index in [2.05, 4.69) is 56.3 Å². The average Bonchev–Trinajstić information content (AvgIpc) is 3.42. The van der Waals surface area contributed by atoms with Crippen LogP contribution in [-0.4, -0.2) is 45.6 Å². The number of aromatic nitrogens is 3. The number of fused-ring (bicyclic) bond motifs is 1. The molecule has 8 heteroatoms. The highest BCUT2D eigenvalue weighted by molar-refractivity contribution is 5.94. The van der Waals surface area contributed by atoms with Gasteiger partial charge in [-0.25, -0.2) is 10.4 Å². The molecule has 1 unspecified atom stereocenters. The second-order valence-corrected chi connectivity index (χ2v) is 8.67. The maximum Gasteiger partial charge on any atom is 0.251 e. The molecule has 4 N–H and O–H groups in total. The number of H-pyrrole nitrogens is 1. The summed E-state index contributed by atoms with van der Waals surface area (Å²) in [6.07, 6.45) is 3.35. The van der Waals surface area contributed by atoms with Gasteiger partial charge in [-0.2, -0.15) is 5.10 Å². The SMILES string of the molecule is CCN(C)Cc1nc(-c2ccc3c(c2)C(c2cccc(C(=O)NC4CCC4)c2)NN3)n[nH]1. The van der Waals surface area contributed by atoms with Gasteiger partial charge in [0.2, 0.25) is 0 Å². The lowest BCUT2D eigenvalue weighted by Crippen LogP contribution is -2.39. The third-order valence-corrected chi connectivity index (χ3v) is 6.39. The van der Waals surface area contributed by atoms with Gasteiger partial charge in [0.15, 0.2) is 5.82 Å². The molecule has 8 nitrogen and oxygen atoms in total. The summed E-state index contributed by atoms with van der Waals surface area (Å²) >= 11 is 0. The molecule has 0 radical (unpaired) electrons. The highest BCUT2D eigenvalue weighted by atomic mass is 16.1. The molecule has 3 aromatic rings. The number of hydrogen-bond donors (Lipinski definition) is 4. The summed E-state index contributed by atoms with van der Waals surface area (Å²) in [5, 5.41) is 10.6. The summed E-state index contributed by atoms with van der Waals surface area (Å²) in [6.45, 7) is 3.80. The highest BCUT2D eigenvalue weighted by Crippen LogP contribution is 2.35. The molecule has 1 aliphatic carbocycles. The predicted molar refractivity (Wildman–Crippen MR) is 124 cm³/mol. The van der Waals surface area contributed by atoms with Crippen LogP contribution in [-0.2, 0) is 6.54 Å². The molecule has 166 valence electrons. The lowest BCUT2D eigenvalue weighted by Gasteiger charge is -2.26. The van der Waals surface area contributed by atoms with Gasteiger partial charge in [-0.3, -0.25) is 14.8 Å². The van der Waals surface area contributed by atoms with E-state index in [0.717, 1.165) is 54.1 Å². The number of amides is 1. The minimum Gasteiger partial charge on any atom is -0.349 e. The first-order valence-electron chi connectivity index (χ1n) is 11.3. The second-order valence-electron chi connectivity index (χ2n) is 8.67. The lowest BCUT2D eigenvalue weighted by atomic mass is 9.92. The number of carbonyl (C=O) groups is 1. The van der Waals surface area contributed by atoms with Crippen molar-refractivity contribution < 1.29 is 4.79 Å². The molecule has 1 amide bonds. The van der Waals surface area contributed by atoms with Crippen LogP contribution in [0.1, 0.15) is 59.5 Å². The van der Waals surface area contributed by atoms with Crippen LogP contribution in [0.15, 0.2) is 42.5 Å². The zero-order chi connectivity index (χ0) is 22.1. The maximum atomic E-state index is 12.6. The molecule has 2 aliphatic rings. The van der Waals surface area contributed by atoms with Gasteiger partial charge >= 0.3 is 0 Å². The molecule has 1 atom stereocenters. The van der Waals surface area contributed by atoms with Crippen molar-refractivity contribution >= 4 is 11.6 Å². The Balaban J connectivity index is 1.38. The van der Waals surface area contributed by atoms with Crippen molar-refractivity contribution in [1.29, 1.82) is 0 Å². The number of anilines is 1. The summed E-state index contributed by atoms with van der Waals surface area (Å²) < 4.78 is 0. The Hall–Kier alpha value is -3.23. The van der Waals surface area contributed by atoms with Crippen molar-refractivity contribution in [1.82, 2.24) is 30.8 Å². The van der Waals surface area contributed by atoms with E-state index >= 15 is 0 Å². The van der Waals surface area contributed by atoms with Gasteiger partial charge in [-0.1, -0.05) is 19.1 Å². The van der Waals surface area contributed by atoms with Crippen molar-refractivity contribution in [2.45, 2.75) is 44.8 Å². The molecule has 1 saturated carbocycles. The van der Waals surface area contributed by atoms with Crippen LogP contribution in [0.4, 0.5) is 5.69 Å². The minimum absolute atomic E-state index is 0.00165. The van der Waals surface area contributed by atoms with E-state index < -0.39 is 0 Å². The fraction of sp³-hybridized carbons (Fsp3) is 0.375. The number of nitrogens with one attached hydrogen (secondary N) is 4. The number of carbonyl (C=O) groups excluding carboxylic acids is 1. The Labute approximate surface area is 187 Å². The van der Waals surface area contributed by atoms with Crippen LogP contribution in [0.25, 0.3) is 11.4 Å². The van der Waals surface area contributed by atoms with Crippen molar-refractivity contribution in [3.63, 3.8) is 0 Å². The Bertz CT molecular complexity index is 1120. The molecule has 2 heterocycles. The molecule has 0 saturated heterocycles. The number of nitrogens with zero attached hydrogens (tertiary/aromatic N) is 3. The molecule has 0 spiro atoms. The molecule has 1 aliphatic heterocycles. The lowest BCUT2D eigenvalue weighted by molar-refractivity contribution is 0.0917. The van der Waals surface area contributed by atoms with Crippen molar-refractivity contribution in [2.24, 2.45) is 0 Å². The van der Waals surface area contributed by atoms with Gasteiger partial charge in [-0.15, -0.1) is 0 Å². The van der Waals surface area contributed by atoms with E-state index in [1.54, 1.807) is 0 Å². The summed E-state index contributed by atoms with van der Waals surface area (Å²) in [4.78, 5) is 19.5. The van der Waals surface area contributed by atoms with Gasteiger partial charge in [0.25, 0.3) is 5.91 Å². The summed E-state index contributed by atoms with van der Waals surface area (Å²) in [5.74, 6) is 1.54. The number of benzene rings is 2. The Morgan fingerprint density at radius 2 is 2.09 bits per heavy atom. The van der Waals surface area contributed by atoms with Crippen molar-refractivity contribution in [3.05, 3.63) is 65.0 Å². The third kappa shape index (κ3) is 4.11. The maximum absolute atomic E-state index is 12.6. The van der Waals surface area contributed by atoms with Gasteiger partial charge in [-0.05, 0) is 68.8 Å². The molecule has 2 aromatic carbocycles. The number of aromatic amines is 1. The first-order valence-corrected chi connectivity index (χ1v) is 11.3. The topological polar surface area (TPSA) is 98.0 Å². The van der Waals surface area contributed by atoms with E-state index in [0.29, 0.717) is 17.4 Å². The zero-order valence-corrected chi connectivity index (χ0v) is 18.5. The Morgan fingerprint density at radius 1 is 1.22 bits per heavy atom. The van der Waals surface area contributed by atoms with E-state index in [9.17, 15) is 4.79 Å². The molecule has 1 fully saturated rings. The molecule has 5 rings (SSSR count). The minimum atomic E-state index is -0.0639. The monoisotopic (exact) mass is 431 g/mol. The van der Waals surface area contributed by atoms with Crippen LogP contribution in [0.5, 0.6) is 0 Å². The van der Waals surface area contributed by atoms with Crippen molar-refractivity contribution in [2.75, 3.05) is 19.0 Å². The highest BCUT2D eigenvalue weighted by Gasteiger charge is 2.26. The van der Waals surface area contributed by atoms with Crippen LogP contribution < -0.4 is 16.2 Å². The van der Waals surface area contributed by atoms with E-state index in [1.807, 2.05) is 36.4 Å². The average molecular weight is 432 g/mol. The van der Waals surface area contributed by atoms with Gasteiger partial charge in [0.05, 0.1) is 18.3 Å². The van der Waals surface area contributed by atoms with Gasteiger partial charge in [0, 0.05) is 22.7 Å². The molecule has 0 bridgehead atoms. The summed E-state index contributed by atoms with van der Waals surface area (Å²) in [5.41, 5.74) is 11.4. The summed E-state index contributed by atoms with van der Waals surface area (Å²) in [6, 6.07) is 14.3. The fourth-order valence-electron chi connectivity index (χ4n) is 4.09. The van der Waals surface area contributed by atoms with Gasteiger partial charge < -0.3 is 10.7 Å². The first kappa shape index (κ1) is 20.7. The first-order chi connectivity index (χ1) is 15.6. The van der Waals surface area contributed by atoms with Gasteiger partial charge in [0.1, 0.15) is 5.82 Å². The summed E-state index contributed by atoms with van der Waals surface area (Å²) in [7, 11) is 2.06. The fourth-order valence-corrected chi connectivity index (χ4v) is 4.09. The molecular formula is C24H29N7O. The van der Waals surface area contributed by atoms with E-state index in [1.165, 1.54) is 6.42 Å². The quantitative estimate of drug-likeness (QED) is 0.459. The molecule has 32 heavy (non-hydrogen) atoms. The van der Waals surface area contributed by atoms with Crippen LogP contribution in [0.2, 0.25) is 0 Å². The normalized spacial score (nSPS) is 17.7. The van der Waals surface area contributed by atoms with Crippen molar-refractivity contribution in [3.8, 4) is 11.4 Å². The van der Waals surface area contributed by atoms with E-state index in [-0.39, 0.29) is 11.9 Å². The van der Waals surface area contributed by atoms with Crippen LogP contribution in [0, 0.1) is 0 Å². The Kier molecular flexibility index (Phi) is 5.63. The number of hydrazine groups is 1. The standard InChI is InChI=1S/C24H29N7O/c1-3-31(2)14-21-26-23(30-28-21)16-10-11-20-19(13-16)22(29-27-20)15-6-4-7-17(12-15)24(32)25-18-8-5-9-18/h4,6-7,10-13,18,22,27,29H,3,5,8-9,14H2,1-2H3,(H,25,32)(H,26,28,30). The third-order valence-electron chi connectivity index (χ3n) is 6.39. The second kappa shape index (κ2) is 8.72. The molecule has 1 aromatic heterocycles. The Morgan fingerprint density at radius 3 is 2.88 bits per heavy atom. The largest absolute Gasteiger partial charge is 0.349 e. The smallest absolute Gasteiger partial charge is 0.251 e. The number of hydrogen-bond acceptors (Lipinski definition) is 6. The van der Waals surface area contributed by atoms with Crippen LogP contribution >= 0.6 is 0 Å². The van der Waals surface area contributed by atoms with E-state index in [4.69, 9.17) is 0 Å². The van der Waals surface area contributed by atoms with Crippen LogP contribution in [0.3, 0.4) is 0 Å². The molecular weight excluding hydrogens is 402 g/mol.